The summed E-state index contributed by atoms with van der Waals surface area (Å²) in [6.07, 6.45) is 1.36. The van der Waals surface area contributed by atoms with Gasteiger partial charge in [-0.05, 0) is 44.8 Å². The second-order valence-corrected chi connectivity index (χ2v) is 10.8. The van der Waals surface area contributed by atoms with Gasteiger partial charge < -0.3 is 19.5 Å². The molecule has 0 radical (unpaired) electrons. The van der Waals surface area contributed by atoms with Crippen LogP contribution in [0.3, 0.4) is 0 Å². The van der Waals surface area contributed by atoms with E-state index in [-0.39, 0.29) is 31.1 Å². The van der Waals surface area contributed by atoms with E-state index in [4.69, 9.17) is 9.47 Å². The van der Waals surface area contributed by atoms with Crippen LogP contribution < -0.4 is 0 Å². The van der Waals surface area contributed by atoms with Crippen molar-refractivity contribution in [1.82, 2.24) is 13.5 Å². The number of aliphatic hydroxyl groups excluding tert-OH is 1. The van der Waals surface area contributed by atoms with E-state index in [1.54, 1.807) is 14.2 Å². The zero-order valence-corrected chi connectivity index (χ0v) is 19.4. The van der Waals surface area contributed by atoms with Crippen molar-refractivity contribution >= 4 is 10.2 Å². The number of aliphatic hydroxyl groups is 1. The molecule has 1 N–H and O–H groups in total. The molecule has 0 amide bonds. The summed E-state index contributed by atoms with van der Waals surface area (Å²) in [5.41, 5.74) is -0.0760. The van der Waals surface area contributed by atoms with Gasteiger partial charge in [0.1, 0.15) is 0 Å². The van der Waals surface area contributed by atoms with Crippen LogP contribution in [0, 0.1) is 5.41 Å². The average molecular weight is 424 g/mol. The molecule has 28 heavy (non-hydrogen) atoms. The van der Waals surface area contributed by atoms with E-state index in [0.717, 1.165) is 25.9 Å². The fourth-order valence-corrected chi connectivity index (χ4v) is 5.43. The van der Waals surface area contributed by atoms with Crippen LogP contribution in [0.1, 0.15) is 40.0 Å². The van der Waals surface area contributed by atoms with Crippen LogP contribution in [0.5, 0.6) is 0 Å². The first-order valence-electron chi connectivity index (χ1n) is 10.1. The van der Waals surface area contributed by atoms with Gasteiger partial charge in [-0.2, -0.15) is 17.0 Å². The third kappa shape index (κ3) is 8.61. The van der Waals surface area contributed by atoms with Crippen LogP contribution in [0.15, 0.2) is 0 Å². The van der Waals surface area contributed by atoms with Gasteiger partial charge >= 0.3 is 0 Å². The van der Waals surface area contributed by atoms with Gasteiger partial charge in [0.2, 0.25) is 0 Å². The standard InChI is InChI=1S/C19H41N3O5S/c1-19(2,3)15-18(23)16-22(17-7-9-20(4)10-8-17)28(24,25)21(11-13-26-5)12-14-27-6/h17-18,23H,7-16H2,1-6H3/t18-/m0/s1. The molecular weight excluding hydrogens is 382 g/mol. The molecule has 1 atom stereocenters. The highest BCUT2D eigenvalue weighted by Crippen LogP contribution is 2.26. The number of likely N-dealkylation sites (tertiary alicyclic amines) is 1. The van der Waals surface area contributed by atoms with Crippen LogP contribution in [0.25, 0.3) is 0 Å². The highest BCUT2D eigenvalue weighted by atomic mass is 32.2. The molecule has 0 aromatic carbocycles. The van der Waals surface area contributed by atoms with E-state index in [1.807, 2.05) is 27.8 Å². The predicted molar refractivity (Wildman–Crippen MR) is 112 cm³/mol. The second kappa shape index (κ2) is 11.8. The Morgan fingerprint density at radius 3 is 2.04 bits per heavy atom. The summed E-state index contributed by atoms with van der Waals surface area (Å²) in [5, 5.41) is 10.7. The largest absolute Gasteiger partial charge is 0.392 e. The lowest BCUT2D eigenvalue weighted by Crippen LogP contribution is -2.55. The molecule has 0 aliphatic carbocycles. The molecule has 0 aromatic heterocycles. The van der Waals surface area contributed by atoms with Gasteiger partial charge in [-0.15, -0.1) is 0 Å². The summed E-state index contributed by atoms with van der Waals surface area (Å²) >= 11 is 0. The van der Waals surface area contributed by atoms with E-state index in [9.17, 15) is 13.5 Å². The zero-order chi connectivity index (χ0) is 21.4. The molecule has 0 bridgehead atoms. The number of hydrogen-bond donors (Lipinski definition) is 1. The summed E-state index contributed by atoms with van der Waals surface area (Å²) in [6.45, 7) is 9.12. The zero-order valence-electron chi connectivity index (χ0n) is 18.6. The molecule has 1 fully saturated rings. The molecule has 1 aliphatic rings. The van der Waals surface area contributed by atoms with Gasteiger partial charge in [0, 0.05) is 39.9 Å². The molecule has 0 aromatic rings. The smallest absolute Gasteiger partial charge is 0.282 e. The highest BCUT2D eigenvalue weighted by Gasteiger charge is 2.37. The fraction of sp³-hybridized carbons (Fsp3) is 1.00. The van der Waals surface area contributed by atoms with Crippen molar-refractivity contribution < 1.29 is 23.0 Å². The van der Waals surface area contributed by atoms with Crippen LogP contribution >= 0.6 is 0 Å². The maximum Gasteiger partial charge on any atom is 0.282 e. The van der Waals surface area contributed by atoms with Gasteiger partial charge in [0.05, 0.1) is 19.3 Å². The fourth-order valence-electron chi connectivity index (χ4n) is 3.57. The van der Waals surface area contributed by atoms with Crippen LogP contribution in [0.2, 0.25) is 0 Å². The Kier molecular flexibility index (Phi) is 10.8. The molecule has 8 nitrogen and oxygen atoms in total. The lowest BCUT2D eigenvalue weighted by Gasteiger charge is -2.40. The number of methoxy groups -OCH3 is 2. The van der Waals surface area contributed by atoms with E-state index in [2.05, 4.69) is 4.90 Å². The van der Waals surface area contributed by atoms with E-state index < -0.39 is 16.3 Å². The molecule has 0 spiro atoms. The topological polar surface area (TPSA) is 82.5 Å². The first kappa shape index (κ1) is 25.7. The summed E-state index contributed by atoms with van der Waals surface area (Å²) in [7, 11) is 1.42. The minimum atomic E-state index is -3.75. The number of rotatable bonds is 12. The normalized spacial score (nSPS) is 18.9. The van der Waals surface area contributed by atoms with Crippen molar-refractivity contribution in [2.24, 2.45) is 5.41 Å². The Labute approximate surface area is 171 Å². The minimum absolute atomic E-state index is 0.0760. The lowest BCUT2D eigenvalue weighted by molar-refractivity contribution is 0.0745. The second-order valence-electron chi connectivity index (χ2n) is 8.92. The molecular formula is C19H41N3O5S. The van der Waals surface area contributed by atoms with Crippen molar-refractivity contribution in [1.29, 1.82) is 0 Å². The maximum absolute atomic E-state index is 13.5. The molecule has 1 aliphatic heterocycles. The lowest BCUT2D eigenvalue weighted by atomic mass is 9.89. The number of piperidine rings is 1. The number of nitrogens with zero attached hydrogens (tertiary/aromatic N) is 3. The molecule has 168 valence electrons. The first-order valence-corrected chi connectivity index (χ1v) is 11.5. The Morgan fingerprint density at radius 2 is 1.61 bits per heavy atom. The molecule has 0 saturated carbocycles. The number of hydrogen-bond acceptors (Lipinski definition) is 6. The van der Waals surface area contributed by atoms with Crippen LogP contribution in [-0.4, -0.2) is 106 Å². The summed E-state index contributed by atoms with van der Waals surface area (Å²) in [4.78, 5) is 2.21. The van der Waals surface area contributed by atoms with Crippen molar-refractivity contribution in [3.05, 3.63) is 0 Å². The van der Waals surface area contributed by atoms with E-state index >= 15 is 0 Å². The van der Waals surface area contributed by atoms with Crippen molar-refractivity contribution in [3.8, 4) is 0 Å². The van der Waals surface area contributed by atoms with Crippen LogP contribution in [0.4, 0.5) is 0 Å². The molecule has 1 heterocycles. The van der Waals surface area contributed by atoms with E-state index in [1.165, 1.54) is 8.61 Å². The van der Waals surface area contributed by atoms with Gasteiger partial charge in [0.15, 0.2) is 0 Å². The third-order valence-corrected chi connectivity index (χ3v) is 7.10. The summed E-state index contributed by atoms with van der Waals surface area (Å²) in [5.74, 6) is 0. The van der Waals surface area contributed by atoms with Crippen molar-refractivity contribution in [3.63, 3.8) is 0 Å². The highest BCUT2D eigenvalue weighted by molar-refractivity contribution is 7.86. The average Bonchev–Trinajstić information content (AvgIpc) is 2.59. The van der Waals surface area contributed by atoms with Crippen LogP contribution in [-0.2, 0) is 19.7 Å². The maximum atomic E-state index is 13.5. The SMILES string of the molecule is COCCN(CCOC)S(=O)(=O)N(C[C@@H](O)CC(C)(C)C)C1CCN(C)CC1. The Bertz CT molecular complexity index is 522. The monoisotopic (exact) mass is 423 g/mol. The Morgan fingerprint density at radius 1 is 1.11 bits per heavy atom. The van der Waals surface area contributed by atoms with Crippen molar-refractivity contribution in [2.75, 3.05) is 67.2 Å². The van der Waals surface area contributed by atoms with Gasteiger partial charge in [-0.25, -0.2) is 0 Å². The van der Waals surface area contributed by atoms with Gasteiger partial charge in [-0.3, -0.25) is 0 Å². The molecule has 1 rings (SSSR count). The Hall–Kier alpha value is -0.290. The Balaban J connectivity index is 3.07. The molecule has 9 heteroatoms. The summed E-state index contributed by atoms with van der Waals surface area (Å²) < 4.78 is 40.3. The van der Waals surface area contributed by atoms with E-state index in [0.29, 0.717) is 19.6 Å². The number of ether oxygens (including phenoxy) is 2. The van der Waals surface area contributed by atoms with Gasteiger partial charge in [0.25, 0.3) is 10.2 Å². The molecule has 1 saturated heterocycles. The van der Waals surface area contributed by atoms with Crippen molar-refractivity contribution in [2.45, 2.75) is 52.2 Å². The van der Waals surface area contributed by atoms with Gasteiger partial charge in [-0.1, -0.05) is 20.8 Å². The third-order valence-electron chi connectivity index (χ3n) is 5.05. The molecule has 0 unspecified atom stereocenters. The first-order chi connectivity index (χ1) is 13.0. The summed E-state index contributed by atoms with van der Waals surface area (Å²) in [6, 6.07) is -0.108. The quantitative estimate of drug-likeness (QED) is 0.505. The minimum Gasteiger partial charge on any atom is -0.392 e. The predicted octanol–water partition coefficient (Wildman–Crippen LogP) is 1.02.